The van der Waals surface area contributed by atoms with Crippen LogP contribution in [-0.2, 0) is 6.54 Å². The van der Waals surface area contributed by atoms with E-state index in [-0.39, 0.29) is 5.56 Å². The molecule has 5 nitrogen and oxygen atoms in total. The lowest BCUT2D eigenvalue weighted by Gasteiger charge is -2.21. The molecule has 0 aliphatic rings. The minimum atomic E-state index is -0.956. The van der Waals surface area contributed by atoms with Crippen molar-refractivity contribution in [1.82, 2.24) is 9.97 Å². The summed E-state index contributed by atoms with van der Waals surface area (Å²) >= 11 is 0. The first kappa shape index (κ1) is 14.0. The van der Waals surface area contributed by atoms with E-state index < -0.39 is 5.97 Å². The summed E-state index contributed by atoms with van der Waals surface area (Å²) in [4.78, 5) is 21.7. The number of hydrogen-bond donors (Lipinski definition) is 1. The van der Waals surface area contributed by atoms with Gasteiger partial charge in [-0.2, -0.15) is 0 Å². The Morgan fingerprint density at radius 2 is 2.15 bits per heavy atom. The van der Waals surface area contributed by atoms with Crippen molar-refractivity contribution >= 4 is 11.8 Å². The van der Waals surface area contributed by atoms with E-state index in [9.17, 15) is 9.90 Å². The summed E-state index contributed by atoms with van der Waals surface area (Å²) in [6, 6.07) is 5.59. The van der Waals surface area contributed by atoms with E-state index in [4.69, 9.17) is 0 Å². The van der Waals surface area contributed by atoms with Crippen molar-refractivity contribution in [2.45, 2.75) is 20.4 Å². The van der Waals surface area contributed by atoms with Gasteiger partial charge in [0.15, 0.2) is 0 Å². The third-order valence-corrected chi connectivity index (χ3v) is 3.04. The lowest BCUT2D eigenvalue weighted by atomic mass is 10.1. The molecule has 0 aliphatic heterocycles. The van der Waals surface area contributed by atoms with Crippen LogP contribution in [0.5, 0.6) is 0 Å². The van der Waals surface area contributed by atoms with Gasteiger partial charge in [-0.25, -0.2) is 9.78 Å². The van der Waals surface area contributed by atoms with Crippen molar-refractivity contribution in [3.63, 3.8) is 0 Å². The molecular weight excluding hydrogens is 254 g/mol. The molecular formula is C15H17N3O2. The number of nitrogens with zero attached hydrogens (tertiary/aromatic N) is 3. The van der Waals surface area contributed by atoms with E-state index in [1.807, 2.05) is 31.0 Å². The number of carboxylic acids is 1. The molecule has 0 aromatic carbocycles. The van der Waals surface area contributed by atoms with Gasteiger partial charge >= 0.3 is 5.97 Å². The molecule has 0 amide bonds. The molecule has 0 atom stereocenters. The third-order valence-electron chi connectivity index (χ3n) is 3.04. The van der Waals surface area contributed by atoms with Gasteiger partial charge in [-0.1, -0.05) is 6.07 Å². The van der Waals surface area contributed by atoms with Crippen LogP contribution in [0.1, 0.15) is 27.2 Å². The summed E-state index contributed by atoms with van der Waals surface area (Å²) in [7, 11) is 1.83. The molecule has 0 saturated carbocycles. The van der Waals surface area contributed by atoms with E-state index in [0.717, 1.165) is 16.8 Å². The van der Waals surface area contributed by atoms with Gasteiger partial charge in [-0.3, -0.25) is 4.98 Å². The van der Waals surface area contributed by atoms with Gasteiger partial charge in [0, 0.05) is 31.7 Å². The van der Waals surface area contributed by atoms with Gasteiger partial charge in [-0.05, 0) is 37.1 Å². The summed E-state index contributed by atoms with van der Waals surface area (Å²) in [5.41, 5.74) is 2.79. The van der Waals surface area contributed by atoms with Gasteiger partial charge in [0.2, 0.25) is 0 Å². The number of aromatic carboxylic acids is 1. The van der Waals surface area contributed by atoms with Gasteiger partial charge in [-0.15, -0.1) is 0 Å². The van der Waals surface area contributed by atoms with Crippen LogP contribution < -0.4 is 4.90 Å². The Morgan fingerprint density at radius 3 is 2.75 bits per heavy atom. The van der Waals surface area contributed by atoms with Crippen LogP contribution in [0.15, 0.2) is 30.6 Å². The first-order valence-electron chi connectivity index (χ1n) is 6.30. The Kier molecular flexibility index (Phi) is 3.98. The largest absolute Gasteiger partial charge is 0.478 e. The van der Waals surface area contributed by atoms with Crippen molar-refractivity contribution < 1.29 is 9.90 Å². The average molecular weight is 271 g/mol. The number of carbonyl (C=O) groups is 1. The highest BCUT2D eigenvalue weighted by Gasteiger charge is 2.18. The minimum absolute atomic E-state index is 0.252. The minimum Gasteiger partial charge on any atom is -0.478 e. The fourth-order valence-electron chi connectivity index (χ4n) is 2.20. The van der Waals surface area contributed by atoms with Gasteiger partial charge in [0.05, 0.1) is 0 Å². The molecule has 0 bridgehead atoms. The summed E-state index contributed by atoms with van der Waals surface area (Å²) in [5, 5.41) is 9.37. The summed E-state index contributed by atoms with van der Waals surface area (Å²) in [6.45, 7) is 4.21. The third kappa shape index (κ3) is 2.93. The molecule has 0 fully saturated rings. The zero-order chi connectivity index (χ0) is 14.7. The Balaban J connectivity index is 2.38. The molecule has 1 N–H and O–H groups in total. The number of rotatable bonds is 4. The zero-order valence-corrected chi connectivity index (χ0v) is 11.8. The SMILES string of the molecule is Cc1cc(C)c(C(=O)O)c(N(C)Cc2cccnc2)n1. The van der Waals surface area contributed by atoms with E-state index in [1.54, 1.807) is 25.4 Å². The van der Waals surface area contributed by atoms with Crippen LogP contribution in [0.2, 0.25) is 0 Å². The summed E-state index contributed by atoms with van der Waals surface area (Å²) in [5.74, 6) is -0.470. The lowest BCUT2D eigenvalue weighted by Crippen LogP contribution is -2.22. The monoisotopic (exact) mass is 271 g/mol. The summed E-state index contributed by atoms with van der Waals surface area (Å²) in [6.07, 6.45) is 3.47. The number of anilines is 1. The van der Waals surface area contributed by atoms with Crippen molar-refractivity contribution in [2.75, 3.05) is 11.9 Å². The molecule has 104 valence electrons. The first-order valence-corrected chi connectivity index (χ1v) is 6.30. The second kappa shape index (κ2) is 5.69. The smallest absolute Gasteiger partial charge is 0.339 e. The molecule has 5 heteroatoms. The van der Waals surface area contributed by atoms with Crippen LogP contribution in [-0.4, -0.2) is 28.1 Å². The zero-order valence-electron chi connectivity index (χ0n) is 11.8. The predicted molar refractivity (Wildman–Crippen MR) is 77.0 cm³/mol. The highest BCUT2D eigenvalue weighted by Crippen LogP contribution is 2.23. The van der Waals surface area contributed by atoms with E-state index in [2.05, 4.69) is 9.97 Å². The Labute approximate surface area is 117 Å². The molecule has 0 radical (unpaired) electrons. The molecule has 2 heterocycles. The van der Waals surface area contributed by atoms with Crippen LogP contribution in [0.25, 0.3) is 0 Å². The molecule has 0 spiro atoms. The number of pyridine rings is 2. The molecule has 2 rings (SSSR count). The predicted octanol–water partition coefficient (Wildman–Crippen LogP) is 2.43. The fourth-order valence-corrected chi connectivity index (χ4v) is 2.20. The second-order valence-corrected chi connectivity index (χ2v) is 4.80. The van der Waals surface area contributed by atoms with E-state index in [1.165, 1.54) is 0 Å². The first-order chi connectivity index (χ1) is 9.49. The number of aromatic nitrogens is 2. The van der Waals surface area contributed by atoms with Crippen LogP contribution in [0.4, 0.5) is 5.82 Å². The Bertz CT molecular complexity index is 627. The van der Waals surface area contributed by atoms with Crippen LogP contribution in [0.3, 0.4) is 0 Å². The van der Waals surface area contributed by atoms with Gasteiger partial charge < -0.3 is 10.0 Å². The molecule has 0 saturated heterocycles. The standard InChI is InChI=1S/C15H17N3O2/c1-10-7-11(2)17-14(13(10)15(19)20)18(3)9-12-5-4-6-16-8-12/h4-8H,9H2,1-3H3,(H,19,20). The highest BCUT2D eigenvalue weighted by molar-refractivity contribution is 5.95. The van der Waals surface area contributed by atoms with E-state index >= 15 is 0 Å². The Morgan fingerprint density at radius 1 is 1.40 bits per heavy atom. The van der Waals surface area contributed by atoms with Crippen molar-refractivity contribution in [1.29, 1.82) is 0 Å². The Hall–Kier alpha value is -2.43. The van der Waals surface area contributed by atoms with E-state index in [0.29, 0.717) is 12.4 Å². The number of hydrogen-bond acceptors (Lipinski definition) is 4. The maximum Gasteiger partial charge on any atom is 0.339 e. The quantitative estimate of drug-likeness (QED) is 0.925. The maximum atomic E-state index is 11.4. The lowest BCUT2D eigenvalue weighted by molar-refractivity contribution is 0.0696. The molecule has 20 heavy (non-hydrogen) atoms. The fraction of sp³-hybridized carbons (Fsp3) is 0.267. The second-order valence-electron chi connectivity index (χ2n) is 4.80. The van der Waals surface area contributed by atoms with Crippen molar-refractivity contribution in [3.05, 3.63) is 53.0 Å². The van der Waals surface area contributed by atoms with Crippen molar-refractivity contribution in [2.24, 2.45) is 0 Å². The normalized spacial score (nSPS) is 10.3. The molecule has 2 aromatic heterocycles. The van der Waals surface area contributed by atoms with Crippen LogP contribution in [0, 0.1) is 13.8 Å². The molecule has 0 unspecified atom stereocenters. The summed E-state index contributed by atoms with van der Waals surface area (Å²) < 4.78 is 0. The number of carboxylic acid groups (broad SMARTS) is 1. The van der Waals surface area contributed by atoms with Gasteiger partial charge in [0.25, 0.3) is 0 Å². The van der Waals surface area contributed by atoms with Crippen molar-refractivity contribution in [3.8, 4) is 0 Å². The number of aryl methyl sites for hydroxylation is 2. The maximum absolute atomic E-state index is 11.4. The average Bonchev–Trinajstić information content (AvgIpc) is 2.38. The van der Waals surface area contributed by atoms with Crippen LogP contribution >= 0.6 is 0 Å². The molecule has 0 aliphatic carbocycles. The molecule has 2 aromatic rings. The highest BCUT2D eigenvalue weighted by atomic mass is 16.4. The topological polar surface area (TPSA) is 66.3 Å². The van der Waals surface area contributed by atoms with Gasteiger partial charge in [0.1, 0.15) is 11.4 Å².